The molecule has 11 heteroatoms. The Hall–Kier alpha value is -2.24. The van der Waals surface area contributed by atoms with Gasteiger partial charge in [0.1, 0.15) is 5.75 Å². The highest BCUT2D eigenvalue weighted by Crippen LogP contribution is 2.37. The number of halogens is 3. The second-order valence-corrected chi connectivity index (χ2v) is 9.08. The van der Waals surface area contributed by atoms with E-state index in [-0.39, 0.29) is 15.9 Å². The maximum Gasteiger partial charge on any atom is 0.573 e. The molecule has 1 atom stereocenters. The molecule has 0 amide bonds. The van der Waals surface area contributed by atoms with Crippen molar-refractivity contribution in [2.24, 2.45) is 5.14 Å². The lowest BCUT2D eigenvalue weighted by Gasteiger charge is -2.14. The van der Waals surface area contributed by atoms with Gasteiger partial charge in [0, 0.05) is 11.8 Å². The lowest BCUT2D eigenvalue weighted by Crippen LogP contribution is -2.17. The van der Waals surface area contributed by atoms with E-state index < -0.39 is 16.4 Å². The molecule has 0 aliphatic rings. The number of nitrogens with zero attached hydrogens (tertiary/aromatic N) is 2. The van der Waals surface area contributed by atoms with Crippen LogP contribution in [0.5, 0.6) is 5.75 Å². The fraction of sp³-hybridized carbons (Fsp3) is 0.278. The SMILES string of the molecule is CCn1c(SC(C)c2ccc(OC(F)(F)F)cc2)nc2cc(S(N)(=O)=O)ccc21. The van der Waals surface area contributed by atoms with E-state index >= 15 is 0 Å². The van der Waals surface area contributed by atoms with E-state index in [1.807, 2.05) is 18.4 Å². The molecule has 0 aliphatic heterocycles. The zero-order chi connectivity index (χ0) is 21.4. The Kier molecular flexibility index (Phi) is 5.84. The predicted octanol–water partition coefficient (Wildman–Crippen LogP) is 4.46. The Bertz CT molecular complexity index is 1130. The van der Waals surface area contributed by atoms with E-state index in [1.54, 1.807) is 18.2 Å². The molecule has 2 aromatic carbocycles. The maximum absolute atomic E-state index is 12.3. The molecular weight excluding hydrogens is 427 g/mol. The highest BCUT2D eigenvalue weighted by atomic mass is 32.2. The van der Waals surface area contributed by atoms with Gasteiger partial charge in [0.05, 0.1) is 15.9 Å². The van der Waals surface area contributed by atoms with Crippen molar-refractivity contribution >= 4 is 32.8 Å². The van der Waals surface area contributed by atoms with Gasteiger partial charge in [-0.1, -0.05) is 23.9 Å². The van der Waals surface area contributed by atoms with Gasteiger partial charge >= 0.3 is 6.36 Å². The summed E-state index contributed by atoms with van der Waals surface area (Å²) in [5, 5.41) is 5.73. The normalized spacial score (nSPS) is 13.6. The number of hydrogen-bond donors (Lipinski definition) is 1. The van der Waals surface area contributed by atoms with Crippen LogP contribution in [0, 0.1) is 0 Å². The third-order valence-corrected chi connectivity index (χ3v) is 6.25. The van der Waals surface area contributed by atoms with Crippen LogP contribution < -0.4 is 9.88 Å². The molecule has 6 nitrogen and oxygen atoms in total. The lowest BCUT2D eigenvalue weighted by atomic mass is 10.2. The van der Waals surface area contributed by atoms with Crippen LogP contribution in [0.2, 0.25) is 0 Å². The predicted molar refractivity (Wildman–Crippen MR) is 104 cm³/mol. The number of aryl methyl sites for hydroxylation is 1. The first-order valence-corrected chi connectivity index (χ1v) is 11.0. The van der Waals surface area contributed by atoms with Crippen LogP contribution in [0.15, 0.2) is 52.5 Å². The molecule has 3 rings (SSSR count). The topological polar surface area (TPSA) is 87.2 Å². The standard InChI is InChI=1S/C18H18F3N3O3S2/c1-3-24-16-9-8-14(29(22,25)26)10-15(16)23-17(24)28-11(2)12-4-6-13(7-5-12)27-18(19,20)21/h4-11H,3H2,1-2H3,(H2,22,25,26). The van der Waals surface area contributed by atoms with Gasteiger partial charge in [0.2, 0.25) is 10.0 Å². The van der Waals surface area contributed by atoms with Crippen molar-refractivity contribution in [2.75, 3.05) is 0 Å². The molecule has 0 spiro atoms. The fourth-order valence-corrected chi connectivity index (χ4v) is 4.48. The van der Waals surface area contributed by atoms with Crippen molar-refractivity contribution in [3.05, 3.63) is 48.0 Å². The van der Waals surface area contributed by atoms with Gasteiger partial charge in [-0.2, -0.15) is 0 Å². The van der Waals surface area contributed by atoms with Crippen LogP contribution in [0.4, 0.5) is 13.2 Å². The summed E-state index contributed by atoms with van der Waals surface area (Å²) in [4.78, 5) is 4.50. The van der Waals surface area contributed by atoms with Gasteiger partial charge in [-0.3, -0.25) is 0 Å². The zero-order valence-electron chi connectivity index (χ0n) is 15.5. The number of hydrogen-bond acceptors (Lipinski definition) is 5. The van der Waals surface area contributed by atoms with E-state index in [1.165, 1.54) is 36.0 Å². The minimum atomic E-state index is -4.73. The second kappa shape index (κ2) is 7.88. The number of alkyl halides is 3. The number of aromatic nitrogens is 2. The molecule has 1 aromatic heterocycles. The number of ether oxygens (including phenoxy) is 1. The molecule has 0 fully saturated rings. The largest absolute Gasteiger partial charge is 0.573 e. The van der Waals surface area contributed by atoms with Gasteiger partial charge in [0.25, 0.3) is 0 Å². The zero-order valence-corrected chi connectivity index (χ0v) is 17.1. The smallest absolute Gasteiger partial charge is 0.406 e. The number of nitrogens with two attached hydrogens (primary N) is 1. The number of fused-ring (bicyclic) bond motifs is 1. The molecule has 3 aromatic rings. The van der Waals surface area contributed by atoms with Gasteiger partial charge < -0.3 is 9.30 Å². The molecule has 156 valence electrons. The van der Waals surface area contributed by atoms with Crippen molar-refractivity contribution in [1.82, 2.24) is 9.55 Å². The number of benzene rings is 2. The Balaban J connectivity index is 1.87. The van der Waals surface area contributed by atoms with Crippen LogP contribution in [0.1, 0.15) is 24.7 Å². The number of primary sulfonamides is 1. The minimum Gasteiger partial charge on any atom is -0.406 e. The Morgan fingerprint density at radius 3 is 2.41 bits per heavy atom. The van der Waals surface area contributed by atoms with Crippen LogP contribution in [-0.4, -0.2) is 24.3 Å². The highest BCUT2D eigenvalue weighted by Gasteiger charge is 2.31. The third kappa shape index (κ3) is 5.03. The number of thioether (sulfide) groups is 1. The summed E-state index contributed by atoms with van der Waals surface area (Å²) in [6.07, 6.45) is -4.73. The van der Waals surface area contributed by atoms with Gasteiger partial charge in [-0.15, -0.1) is 13.2 Å². The first-order valence-electron chi connectivity index (χ1n) is 8.53. The van der Waals surface area contributed by atoms with Crippen molar-refractivity contribution in [3.8, 4) is 5.75 Å². The van der Waals surface area contributed by atoms with Gasteiger partial charge in [-0.25, -0.2) is 18.5 Å². The summed E-state index contributed by atoms with van der Waals surface area (Å²) < 4.78 is 65.8. The lowest BCUT2D eigenvalue weighted by molar-refractivity contribution is -0.274. The van der Waals surface area contributed by atoms with Crippen molar-refractivity contribution < 1.29 is 26.3 Å². The first kappa shape index (κ1) is 21.5. The second-order valence-electron chi connectivity index (χ2n) is 6.21. The Morgan fingerprint density at radius 1 is 1.21 bits per heavy atom. The molecule has 1 heterocycles. The molecule has 0 aliphatic carbocycles. The summed E-state index contributed by atoms with van der Waals surface area (Å²) in [7, 11) is -3.84. The van der Waals surface area contributed by atoms with E-state index in [0.29, 0.717) is 17.2 Å². The number of imidazole rings is 1. The fourth-order valence-electron chi connectivity index (χ4n) is 2.83. The van der Waals surface area contributed by atoms with Gasteiger partial charge in [0.15, 0.2) is 5.16 Å². The first-order chi connectivity index (χ1) is 13.5. The van der Waals surface area contributed by atoms with Gasteiger partial charge in [-0.05, 0) is 49.7 Å². The quantitative estimate of drug-likeness (QED) is 0.566. The summed E-state index contributed by atoms with van der Waals surface area (Å²) in [5.74, 6) is -0.283. The number of sulfonamides is 1. The molecule has 1 unspecified atom stereocenters. The molecular formula is C18H18F3N3O3S2. The molecule has 0 radical (unpaired) electrons. The average Bonchev–Trinajstić information content (AvgIpc) is 2.96. The van der Waals surface area contributed by atoms with E-state index in [2.05, 4.69) is 9.72 Å². The van der Waals surface area contributed by atoms with Crippen molar-refractivity contribution in [3.63, 3.8) is 0 Å². The summed E-state index contributed by atoms with van der Waals surface area (Å²) in [5.41, 5.74) is 2.06. The van der Waals surface area contributed by atoms with Crippen molar-refractivity contribution in [1.29, 1.82) is 0 Å². The third-order valence-electron chi connectivity index (χ3n) is 4.19. The average molecular weight is 445 g/mol. The van der Waals surface area contributed by atoms with Crippen molar-refractivity contribution in [2.45, 2.75) is 42.1 Å². The molecule has 29 heavy (non-hydrogen) atoms. The van der Waals surface area contributed by atoms with Crippen LogP contribution >= 0.6 is 11.8 Å². The minimum absolute atomic E-state index is 0.0180. The summed E-state index contributed by atoms with van der Waals surface area (Å²) in [6.45, 7) is 4.45. The molecule has 0 saturated heterocycles. The Labute approximate surface area is 169 Å². The van der Waals surface area contributed by atoms with E-state index in [4.69, 9.17) is 5.14 Å². The summed E-state index contributed by atoms with van der Waals surface area (Å²) in [6, 6.07) is 10.2. The molecule has 0 bridgehead atoms. The summed E-state index contributed by atoms with van der Waals surface area (Å²) >= 11 is 1.41. The molecule has 2 N–H and O–H groups in total. The number of rotatable bonds is 6. The van der Waals surface area contributed by atoms with Crippen LogP contribution in [0.3, 0.4) is 0 Å². The monoisotopic (exact) mass is 445 g/mol. The van der Waals surface area contributed by atoms with E-state index in [9.17, 15) is 21.6 Å². The van der Waals surface area contributed by atoms with E-state index in [0.717, 1.165) is 11.1 Å². The Morgan fingerprint density at radius 2 is 1.86 bits per heavy atom. The highest BCUT2D eigenvalue weighted by molar-refractivity contribution is 7.99. The molecule has 0 saturated carbocycles. The maximum atomic E-state index is 12.3. The van der Waals surface area contributed by atoms with Crippen LogP contribution in [-0.2, 0) is 16.6 Å². The van der Waals surface area contributed by atoms with Crippen LogP contribution in [0.25, 0.3) is 11.0 Å².